The zero-order valence-corrected chi connectivity index (χ0v) is 16.7. The minimum Gasteiger partial charge on any atom is -0.465 e. The highest BCUT2D eigenvalue weighted by Crippen LogP contribution is 2.33. The van der Waals surface area contributed by atoms with Crippen molar-refractivity contribution >= 4 is 32.5 Å². The fourth-order valence-corrected chi connectivity index (χ4v) is 4.37. The van der Waals surface area contributed by atoms with Crippen LogP contribution in [0.5, 0.6) is 0 Å². The van der Waals surface area contributed by atoms with Gasteiger partial charge in [0, 0.05) is 0 Å². The van der Waals surface area contributed by atoms with E-state index in [1.165, 1.54) is 18.2 Å². The van der Waals surface area contributed by atoms with Crippen LogP contribution < -0.4 is 4.31 Å². The number of nitrogens with zero attached hydrogens (tertiary/aromatic N) is 1. The first-order chi connectivity index (χ1) is 14.1. The van der Waals surface area contributed by atoms with Crippen LogP contribution in [0.1, 0.15) is 12.5 Å². The summed E-state index contributed by atoms with van der Waals surface area (Å²) >= 11 is 0. The van der Waals surface area contributed by atoms with Gasteiger partial charge in [-0.2, -0.15) is 13.2 Å². The van der Waals surface area contributed by atoms with E-state index in [9.17, 15) is 26.4 Å². The molecule has 0 N–H and O–H groups in total. The van der Waals surface area contributed by atoms with E-state index in [-0.39, 0.29) is 17.2 Å². The number of fused-ring (bicyclic) bond motifs is 1. The Morgan fingerprint density at radius 2 is 1.67 bits per heavy atom. The van der Waals surface area contributed by atoms with Gasteiger partial charge in [-0.1, -0.05) is 36.4 Å². The van der Waals surface area contributed by atoms with Crippen molar-refractivity contribution < 1.29 is 31.1 Å². The number of alkyl halides is 3. The number of hydrogen-bond acceptors (Lipinski definition) is 4. The minimum absolute atomic E-state index is 0.00524. The molecule has 0 heterocycles. The molecule has 0 unspecified atom stereocenters. The van der Waals surface area contributed by atoms with Gasteiger partial charge in [-0.3, -0.25) is 9.10 Å². The van der Waals surface area contributed by atoms with Gasteiger partial charge in [0.25, 0.3) is 10.0 Å². The summed E-state index contributed by atoms with van der Waals surface area (Å²) in [7, 11) is -4.36. The lowest BCUT2D eigenvalue weighted by Crippen LogP contribution is -2.36. The van der Waals surface area contributed by atoms with Crippen LogP contribution in [0.2, 0.25) is 0 Å². The predicted molar refractivity (Wildman–Crippen MR) is 107 cm³/mol. The van der Waals surface area contributed by atoms with Crippen molar-refractivity contribution in [2.24, 2.45) is 0 Å². The van der Waals surface area contributed by atoms with Gasteiger partial charge >= 0.3 is 12.1 Å². The number of sulfonamides is 1. The third-order valence-electron chi connectivity index (χ3n) is 4.35. The first kappa shape index (κ1) is 21.6. The average molecular weight is 437 g/mol. The van der Waals surface area contributed by atoms with Gasteiger partial charge in [0.1, 0.15) is 6.54 Å². The number of ether oxygens (including phenoxy) is 1. The molecule has 0 spiro atoms. The molecular formula is C21H18F3NO4S. The smallest absolute Gasteiger partial charge is 0.416 e. The normalized spacial score (nSPS) is 12.0. The van der Waals surface area contributed by atoms with E-state index in [2.05, 4.69) is 0 Å². The number of hydrogen-bond donors (Lipinski definition) is 0. The molecule has 3 aromatic carbocycles. The molecule has 0 atom stereocenters. The Morgan fingerprint density at radius 1 is 0.967 bits per heavy atom. The van der Waals surface area contributed by atoms with Gasteiger partial charge in [0.2, 0.25) is 0 Å². The Labute approximate surface area is 171 Å². The Bertz CT molecular complexity index is 1180. The molecule has 158 valence electrons. The van der Waals surface area contributed by atoms with E-state index < -0.39 is 34.3 Å². The summed E-state index contributed by atoms with van der Waals surface area (Å²) in [5, 5.41) is 1.44. The van der Waals surface area contributed by atoms with E-state index in [4.69, 9.17) is 4.74 Å². The van der Waals surface area contributed by atoms with Crippen LogP contribution in [0, 0.1) is 0 Å². The Balaban J connectivity index is 2.12. The summed E-state index contributed by atoms with van der Waals surface area (Å²) in [5.74, 6) is -0.876. The van der Waals surface area contributed by atoms with Crippen LogP contribution in [0.3, 0.4) is 0 Å². The summed E-state index contributed by atoms with van der Waals surface area (Å²) in [5.41, 5.74) is -1.31. The molecule has 3 aromatic rings. The third-order valence-corrected chi connectivity index (χ3v) is 6.12. The molecule has 30 heavy (non-hydrogen) atoms. The highest BCUT2D eigenvalue weighted by molar-refractivity contribution is 7.92. The highest BCUT2D eigenvalue weighted by Gasteiger charge is 2.33. The van der Waals surface area contributed by atoms with Crippen molar-refractivity contribution in [1.82, 2.24) is 0 Å². The molecule has 0 bridgehead atoms. The zero-order valence-electron chi connectivity index (χ0n) is 15.9. The number of halogens is 3. The minimum atomic E-state index is -4.67. The standard InChI is InChI=1S/C21H18F3NO4S/c1-2-29-20(26)14-25(18-9-5-8-17(13-18)21(22,23)24)30(27,28)19-11-10-15-6-3-4-7-16(15)12-19/h3-13H,2,14H2,1H3. The fourth-order valence-electron chi connectivity index (χ4n) is 2.93. The van der Waals surface area contributed by atoms with Gasteiger partial charge in [0.15, 0.2) is 0 Å². The van der Waals surface area contributed by atoms with Crippen LogP contribution in [-0.4, -0.2) is 27.5 Å². The summed E-state index contributed by atoms with van der Waals surface area (Å²) in [6.07, 6.45) is -4.67. The first-order valence-electron chi connectivity index (χ1n) is 8.97. The quantitative estimate of drug-likeness (QED) is 0.528. The van der Waals surface area contributed by atoms with Gasteiger partial charge in [-0.25, -0.2) is 8.42 Å². The van der Waals surface area contributed by atoms with E-state index >= 15 is 0 Å². The largest absolute Gasteiger partial charge is 0.465 e. The maximum Gasteiger partial charge on any atom is 0.416 e. The Morgan fingerprint density at radius 3 is 2.33 bits per heavy atom. The molecule has 3 rings (SSSR count). The lowest BCUT2D eigenvalue weighted by molar-refractivity contribution is -0.141. The van der Waals surface area contributed by atoms with Gasteiger partial charge in [-0.15, -0.1) is 0 Å². The van der Waals surface area contributed by atoms with E-state index in [0.717, 1.165) is 17.5 Å². The molecule has 9 heteroatoms. The molecular weight excluding hydrogens is 419 g/mol. The molecule has 0 aliphatic heterocycles. The van der Waals surface area contributed by atoms with Gasteiger partial charge in [0.05, 0.1) is 22.8 Å². The van der Waals surface area contributed by atoms with Gasteiger partial charge < -0.3 is 4.74 Å². The lowest BCUT2D eigenvalue weighted by Gasteiger charge is -2.24. The van der Waals surface area contributed by atoms with E-state index in [1.807, 2.05) is 0 Å². The van der Waals surface area contributed by atoms with Crippen molar-refractivity contribution in [1.29, 1.82) is 0 Å². The van der Waals surface area contributed by atoms with Crippen molar-refractivity contribution in [3.63, 3.8) is 0 Å². The number of esters is 1. The molecule has 5 nitrogen and oxygen atoms in total. The van der Waals surface area contributed by atoms with Crippen molar-refractivity contribution in [3.05, 3.63) is 72.3 Å². The summed E-state index contributed by atoms with van der Waals surface area (Å²) in [6, 6.07) is 15.2. The first-order valence-corrected chi connectivity index (χ1v) is 10.4. The Kier molecular flexibility index (Phi) is 6.02. The zero-order chi connectivity index (χ0) is 21.9. The molecule has 0 aliphatic carbocycles. The molecule has 0 fully saturated rings. The highest BCUT2D eigenvalue weighted by atomic mass is 32.2. The number of benzene rings is 3. The van der Waals surface area contributed by atoms with Crippen LogP contribution >= 0.6 is 0 Å². The summed E-state index contributed by atoms with van der Waals surface area (Å²) < 4.78 is 71.5. The van der Waals surface area contributed by atoms with Crippen molar-refractivity contribution in [2.75, 3.05) is 17.5 Å². The van der Waals surface area contributed by atoms with Crippen molar-refractivity contribution in [2.45, 2.75) is 18.0 Å². The summed E-state index contributed by atoms with van der Waals surface area (Å²) in [6.45, 7) is 0.792. The second kappa shape index (κ2) is 8.35. The SMILES string of the molecule is CCOC(=O)CN(c1cccc(C(F)(F)F)c1)S(=O)(=O)c1ccc2ccccc2c1. The third kappa shape index (κ3) is 4.56. The molecule has 0 amide bonds. The fraction of sp³-hybridized carbons (Fsp3) is 0.190. The second-order valence-corrected chi connectivity index (χ2v) is 8.24. The molecule has 0 radical (unpaired) electrons. The predicted octanol–water partition coefficient (Wildman–Crippen LogP) is 4.62. The molecule has 0 aliphatic rings. The monoisotopic (exact) mass is 437 g/mol. The number of carbonyl (C=O) groups is 1. The van der Waals surface area contributed by atoms with Crippen LogP contribution in [0.25, 0.3) is 10.8 Å². The lowest BCUT2D eigenvalue weighted by atomic mass is 10.1. The number of anilines is 1. The molecule has 0 aromatic heterocycles. The topological polar surface area (TPSA) is 63.7 Å². The number of carbonyl (C=O) groups excluding carboxylic acids is 1. The van der Waals surface area contributed by atoms with Crippen LogP contribution in [0.15, 0.2) is 71.6 Å². The summed E-state index contributed by atoms with van der Waals surface area (Å²) in [4.78, 5) is 11.9. The second-order valence-electron chi connectivity index (χ2n) is 6.37. The average Bonchev–Trinajstić information content (AvgIpc) is 2.71. The van der Waals surface area contributed by atoms with Crippen molar-refractivity contribution in [3.8, 4) is 0 Å². The Hall–Kier alpha value is -3.07. The maximum atomic E-state index is 13.3. The van der Waals surface area contributed by atoms with Crippen LogP contribution in [0.4, 0.5) is 18.9 Å². The number of rotatable bonds is 6. The van der Waals surface area contributed by atoms with Crippen LogP contribution in [-0.2, 0) is 25.7 Å². The molecule has 0 saturated heterocycles. The maximum absolute atomic E-state index is 13.3. The van der Waals surface area contributed by atoms with E-state index in [0.29, 0.717) is 15.8 Å². The van der Waals surface area contributed by atoms with E-state index in [1.54, 1.807) is 37.3 Å². The van der Waals surface area contributed by atoms with Gasteiger partial charge in [-0.05, 0) is 48.0 Å². The molecule has 0 saturated carbocycles.